The Morgan fingerprint density at radius 2 is 1.92 bits per heavy atom. The number of hydrogen-bond acceptors (Lipinski definition) is 3. The highest BCUT2D eigenvalue weighted by atomic mass is 16.5. The lowest BCUT2D eigenvalue weighted by Crippen LogP contribution is -2.31. The highest BCUT2D eigenvalue weighted by Gasteiger charge is 2.28. The molecule has 0 saturated heterocycles. The Labute approximate surface area is 151 Å². The van der Waals surface area contributed by atoms with Gasteiger partial charge in [-0.2, -0.15) is 0 Å². The zero-order valence-electron chi connectivity index (χ0n) is 14.0. The lowest BCUT2D eigenvalue weighted by atomic mass is 10.1. The number of para-hydroxylation sites is 1. The summed E-state index contributed by atoms with van der Waals surface area (Å²) in [5, 5.41) is 2.91. The molecule has 126 valence electrons. The molecule has 0 saturated carbocycles. The summed E-state index contributed by atoms with van der Waals surface area (Å²) in [6, 6.07) is 20.8. The van der Waals surface area contributed by atoms with Crippen LogP contribution < -0.4 is 10.1 Å². The largest absolute Gasteiger partial charge is 0.480 e. The van der Waals surface area contributed by atoms with Gasteiger partial charge < -0.3 is 10.1 Å². The fourth-order valence-electron chi connectivity index (χ4n) is 2.80. The van der Waals surface area contributed by atoms with Crippen LogP contribution in [0.3, 0.4) is 0 Å². The third-order valence-electron chi connectivity index (χ3n) is 4.07. The minimum absolute atomic E-state index is 0.156. The van der Waals surface area contributed by atoms with Crippen LogP contribution in [-0.4, -0.2) is 17.0 Å². The van der Waals surface area contributed by atoms with E-state index >= 15 is 0 Å². The predicted octanol–water partition coefficient (Wildman–Crippen LogP) is 3.42. The molecule has 0 spiro atoms. The Morgan fingerprint density at radius 1 is 1.04 bits per heavy atom. The van der Waals surface area contributed by atoms with Gasteiger partial charge in [0.15, 0.2) is 6.10 Å². The van der Waals surface area contributed by atoms with E-state index in [1.807, 2.05) is 66.7 Å². The van der Waals surface area contributed by atoms with Gasteiger partial charge in [-0.1, -0.05) is 36.3 Å². The normalized spacial score (nSPS) is 14.5. The van der Waals surface area contributed by atoms with Gasteiger partial charge in [-0.25, -0.2) is 4.98 Å². The number of carbonyl (C=O) groups excluding carboxylic acids is 1. The molecule has 4 nitrogen and oxygen atoms in total. The number of fused-ring (bicyclic) bond motifs is 1. The van der Waals surface area contributed by atoms with Crippen molar-refractivity contribution in [2.75, 3.05) is 5.32 Å². The van der Waals surface area contributed by atoms with Gasteiger partial charge in [0.1, 0.15) is 11.4 Å². The van der Waals surface area contributed by atoms with Gasteiger partial charge in [-0.05, 0) is 47.9 Å². The first kappa shape index (κ1) is 15.9. The van der Waals surface area contributed by atoms with Gasteiger partial charge in [0.05, 0.1) is 0 Å². The van der Waals surface area contributed by atoms with Crippen molar-refractivity contribution in [1.29, 1.82) is 0 Å². The molecule has 1 aliphatic heterocycles. The molecule has 1 atom stereocenters. The number of nitrogens with zero attached hydrogens (tertiary/aromatic N) is 1. The molecule has 1 N–H and O–H groups in total. The van der Waals surface area contributed by atoms with E-state index in [9.17, 15) is 4.79 Å². The highest BCUT2D eigenvalue weighted by Crippen LogP contribution is 2.28. The number of hydrogen-bond donors (Lipinski definition) is 1. The summed E-state index contributed by atoms with van der Waals surface area (Å²) in [5.74, 6) is 6.70. The Kier molecular flexibility index (Phi) is 4.36. The molecule has 0 radical (unpaired) electrons. The van der Waals surface area contributed by atoms with Gasteiger partial charge in [0.25, 0.3) is 5.91 Å². The van der Waals surface area contributed by atoms with Crippen LogP contribution in [0.15, 0.2) is 72.9 Å². The summed E-state index contributed by atoms with van der Waals surface area (Å²) in [6.45, 7) is 0. The van der Waals surface area contributed by atoms with Crippen molar-refractivity contribution < 1.29 is 9.53 Å². The van der Waals surface area contributed by atoms with Gasteiger partial charge >= 0.3 is 0 Å². The van der Waals surface area contributed by atoms with Crippen molar-refractivity contribution in [1.82, 2.24) is 4.98 Å². The zero-order chi connectivity index (χ0) is 17.8. The molecule has 26 heavy (non-hydrogen) atoms. The van der Waals surface area contributed by atoms with Crippen LogP contribution in [0.25, 0.3) is 0 Å². The molecule has 1 amide bonds. The number of pyridine rings is 1. The maximum Gasteiger partial charge on any atom is 0.265 e. The predicted molar refractivity (Wildman–Crippen MR) is 99.9 cm³/mol. The van der Waals surface area contributed by atoms with Crippen molar-refractivity contribution >= 4 is 11.6 Å². The number of nitrogens with one attached hydrogen (secondary N) is 1. The van der Waals surface area contributed by atoms with Gasteiger partial charge in [-0.15, -0.1) is 0 Å². The number of rotatable bonds is 2. The van der Waals surface area contributed by atoms with E-state index in [2.05, 4.69) is 22.1 Å². The second-order valence-corrected chi connectivity index (χ2v) is 5.95. The smallest absolute Gasteiger partial charge is 0.265 e. The molecule has 4 heteroatoms. The second-order valence-electron chi connectivity index (χ2n) is 5.95. The van der Waals surface area contributed by atoms with Crippen molar-refractivity contribution in [3.05, 3.63) is 89.7 Å². The van der Waals surface area contributed by atoms with Crippen LogP contribution in [0.2, 0.25) is 0 Å². The fraction of sp³-hybridized carbons (Fsp3) is 0.0909. The van der Waals surface area contributed by atoms with E-state index in [-0.39, 0.29) is 5.91 Å². The first-order valence-electron chi connectivity index (χ1n) is 8.36. The topological polar surface area (TPSA) is 51.2 Å². The first-order chi connectivity index (χ1) is 12.8. The van der Waals surface area contributed by atoms with Gasteiger partial charge in [0, 0.05) is 23.9 Å². The van der Waals surface area contributed by atoms with E-state index in [1.54, 1.807) is 6.20 Å². The molecule has 1 aromatic heterocycles. The number of benzene rings is 2. The minimum Gasteiger partial charge on any atom is -0.480 e. The average Bonchev–Trinajstić information content (AvgIpc) is 3.12. The first-order valence-corrected chi connectivity index (χ1v) is 8.36. The van der Waals surface area contributed by atoms with Crippen molar-refractivity contribution in [3.8, 4) is 17.6 Å². The summed E-state index contributed by atoms with van der Waals surface area (Å²) in [6.07, 6.45) is 1.79. The maximum atomic E-state index is 12.5. The number of anilines is 1. The lowest BCUT2D eigenvalue weighted by Gasteiger charge is -2.11. The molecule has 2 aromatic carbocycles. The molecule has 3 aromatic rings. The monoisotopic (exact) mass is 340 g/mol. The molecule has 1 unspecified atom stereocenters. The Morgan fingerprint density at radius 3 is 2.77 bits per heavy atom. The fourth-order valence-corrected chi connectivity index (χ4v) is 2.80. The van der Waals surface area contributed by atoms with Crippen LogP contribution in [-0.2, 0) is 11.2 Å². The zero-order valence-corrected chi connectivity index (χ0v) is 14.0. The summed E-state index contributed by atoms with van der Waals surface area (Å²) in [5.41, 5.74) is 3.27. The molecule has 0 bridgehead atoms. The molecule has 2 heterocycles. The SMILES string of the molecule is O=C(Nc1cccc(C#Cc2ccccn2)c1)C1Cc2ccccc2O1. The van der Waals surface area contributed by atoms with E-state index in [0.717, 1.165) is 16.9 Å². The Balaban J connectivity index is 1.45. The van der Waals surface area contributed by atoms with Crippen LogP contribution in [0.4, 0.5) is 5.69 Å². The molecule has 1 aliphatic rings. The summed E-state index contributed by atoms with van der Waals surface area (Å²) in [7, 11) is 0. The summed E-state index contributed by atoms with van der Waals surface area (Å²) >= 11 is 0. The molecular weight excluding hydrogens is 324 g/mol. The van der Waals surface area contributed by atoms with Crippen LogP contribution in [0.1, 0.15) is 16.8 Å². The lowest BCUT2D eigenvalue weighted by molar-refractivity contribution is -0.122. The molecule has 4 rings (SSSR count). The van der Waals surface area contributed by atoms with Crippen LogP contribution >= 0.6 is 0 Å². The van der Waals surface area contributed by atoms with Crippen LogP contribution in [0, 0.1) is 11.8 Å². The highest BCUT2D eigenvalue weighted by molar-refractivity contribution is 5.95. The van der Waals surface area contributed by atoms with Crippen molar-refractivity contribution in [2.24, 2.45) is 0 Å². The number of carbonyl (C=O) groups is 1. The van der Waals surface area contributed by atoms with Crippen LogP contribution in [0.5, 0.6) is 5.75 Å². The third-order valence-corrected chi connectivity index (χ3v) is 4.07. The number of amides is 1. The quantitative estimate of drug-likeness (QED) is 0.727. The van der Waals surface area contributed by atoms with Crippen molar-refractivity contribution in [3.63, 3.8) is 0 Å². The van der Waals surface area contributed by atoms with Gasteiger partial charge in [0.2, 0.25) is 0 Å². The van der Waals surface area contributed by atoms with E-state index in [4.69, 9.17) is 4.74 Å². The summed E-state index contributed by atoms with van der Waals surface area (Å²) < 4.78 is 5.73. The maximum absolute atomic E-state index is 12.5. The number of ether oxygens (including phenoxy) is 1. The molecular formula is C22H16N2O2. The standard InChI is InChI=1S/C22H16N2O2/c25-22(21-15-17-7-1-2-10-20(17)26-21)24-19-9-5-6-16(14-19)11-12-18-8-3-4-13-23-18/h1-10,13-14,21H,15H2,(H,24,25). The number of aromatic nitrogens is 1. The molecule has 0 fully saturated rings. The average molecular weight is 340 g/mol. The van der Waals surface area contributed by atoms with Crippen molar-refractivity contribution in [2.45, 2.75) is 12.5 Å². The minimum atomic E-state index is -0.504. The molecule has 0 aliphatic carbocycles. The summed E-state index contributed by atoms with van der Waals surface area (Å²) in [4.78, 5) is 16.7. The second kappa shape index (κ2) is 7.12. The Bertz CT molecular complexity index is 978. The Hall–Kier alpha value is -3.58. The van der Waals surface area contributed by atoms with Gasteiger partial charge in [-0.3, -0.25) is 4.79 Å². The van der Waals surface area contributed by atoms with E-state index < -0.39 is 6.10 Å². The van der Waals surface area contributed by atoms with E-state index in [1.165, 1.54) is 0 Å². The van der Waals surface area contributed by atoms with E-state index in [0.29, 0.717) is 17.8 Å². The third kappa shape index (κ3) is 3.57.